The highest BCUT2D eigenvalue weighted by Crippen LogP contribution is 2.15. The van der Waals surface area contributed by atoms with Gasteiger partial charge in [0.05, 0.1) is 6.04 Å². The van der Waals surface area contributed by atoms with Crippen LogP contribution in [-0.4, -0.2) is 37.6 Å². The summed E-state index contributed by atoms with van der Waals surface area (Å²) in [7, 11) is 3.04. The van der Waals surface area contributed by atoms with Gasteiger partial charge in [-0.3, -0.25) is 10.1 Å². The first-order valence-electron chi connectivity index (χ1n) is 5.69. The Hall–Kier alpha value is -1.43. The lowest BCUT2D eigenvalue weighted by molar-refractivity contribution is -0.143. The van der Waals surface area contributed by atoms with Crippen LogP contribution in [0.2, 0.25) is 0 Å². The standard InChI is InChI=1S/C13H19NO4/c1-9(13(17-2)18-3)14-11(12(15)16)10-7-5-4-6-8-10/h4-9,11,13-14H,1-3H3,(H,15,16). The van der Waals surface area contributed by atoms with Crippen molar-refractivity contribution < 1.29 is 19.4 Å². The number of rotatable bonds is 7. The molecule has 1 rings (SSSR count). The minimum atomic E-state index is -0.931. The molecule has 0 aliphatic carbocycles. The maximum absolute atomic E-state index is 11.3. The zero-order chi connectivity index (χ0) is 13.5. The van der Waals surface area contributed by atoms with Crippen molar-refractivity contribution in [3.8, 4) is 0 Å². The van der Waals surface area contributed by atoms with Crippen LogP contribution in [0.15, 0.2) is 30.3 Å². The van der Waals surface area contributed by atoms with Crippen LogP contribution < -0.4 is 5.32 Å². The van der Waals surface area contributed by atoms with Crippen LogP contribution in [0.4, 0.5) is 0 Å². The molecule has 5 nitrogen and oxygen atoms in total. The first kappa shape index (κ1) is 14.6. The summed E-state index contributed by atoms with van der Waals surface area (Å²) < 4.78 is 10.2. The summed E-state index contributed by atoms with van der Waals surface area (Å²) in [5.41, 5.74) is 0.697. The van der Waals surface area contributed by atoms with E-state index in [0.717, 1.165) is 0 Å². The third kappa shape index (κ3) is 3.80. The van der Waals surface area contributed by atoms with Crippen molar-refractivity contribution in [1.82, 2.24) is 5.32 Å². The maximum Gasteiger partial charge on any atom is 0.325 e. The zero-order valence-electron chi connectivity index (χ0n) is 10.8. The number of nitrogens with one attached hydrogen (secondary N) is 1. The fourth-order valence-corrected chi connectivity index (χ4v) is 1.80. The number of hydrogen-bond donors (Lipinski definition) is 2. The summed E-state index contributed by atoms with van der Waals surface area (Å²) in [6.45, 7) is 1.82. The summed E-state index contributed by atoms with van der Waals surface area (Å²) in [5.74, 6) is -0.931. The lowest BCUT2D eigenvalue weighted by atomic mass is 10.1. The zero-order valence-corrected chi connectivity index (χ0v) is 10.8. The molecule has 100 valence electrons. The van der Waals surface area contributed by atoms with Gasteiger partial charge in [-0.1, -0.05) is 30.3 Å². The van der Waals surface area contributed by atoms with Gasteiger partial charge in [-0.25, -0.2) is 0 Å². The summed E-state index contributed by atoms with van der Waals surface area (Å²) in [4.78, 5) is 11.3. The molecule has 0 radical (unpaired) electrons. The molecule has 2 atom stereocenters. The SMILES string of the molecule is COC(OC)C(C)NC(C(=O)O)c1ccccc1. The van der Waals surface area contributed by atoms with Crippen molar-refractivity contribution in [1.29, 1.82) is 0 Å². The molecule has 0 spiro atoms. The van der Waals surface area contributed by atoms with Crippen LogP contribution in [-0.2, 0) is 14.3 Å². The molecule has 1 aromatic carbocycles. The number of aliphatic carboxylic acids is 1. The number of carboxylic acid groups (broad SMARTS) is 1. The lowest BCUT2D eigenvalue weighted by Crippen LogP contribution is -2.43. The average molecular weight is 253 g/mol. The largest absolute Gasteiger partial charge is 0.480 e. The molecular formula is C13H19NO4. The van der Waals surface area contributed by atoms with Crippen molar-refractivity contribution in [3.05, 3.63) is 35.9 Å². The minimum absolute atomic E-state index is 0.249. The molecule has 5 heteroatoms. The van der Waals surface area contributed by atoms with Crippen molar-refractivity contribution >= 4 is 5.97 Å². The number of methoxy groups -OCH3 is 2. The van der Waals surface area contributed by atoms with Crippen molar-refractivity contribution in [2.24, 2.45) is 0 Å². The Balaban J connectivity index is 2.79. The average Bonchev–Trinajstić information content (AvgIpc) is 2.38. The first-order valence-corrected chi connectivity index (χ1v) is 5.69. The van der Waals surface area contributed by atoms with Crippen LogP contribution in [0, 0.1) is 0 Å². The fraction of sp³-hybridized carbons (Fsp3) is 0.462. The Morgan fingerprint density at radius 1 is 1.22 bits per heavy atom. The lowest BCUT2D eigenvalue weighted by Gasteiger charge is -2.25. The molecule has 2 N–H and O–H groups in total. The van der Waals surface area contributed by atoms with E-state index in [1.807, 2.05) is 25.1 Å². The Morgan fingerprint density at radius 3 is 2.22 bits per heavy atom. The number of hydrogen-bond acceptors (Lipinski definition) is 4. The second-order valence-corrected chi connectivity index (χ2v) is 3.98. The molecule has 0 saturated carbocycles. The predicted molar refractivity (Wildman–Crippen MR) is 67.2 cm³/mol. The Labute approximate surface area is 107 Å². The van der Waals surface area contributed by atoms with Gasteiger partial charge in [0.2, 0.25) is 0 Å². The maximum atomic E-state index is 11.3. The Kier molecular flexibility index (Phi) is 5.77. The molecule has 0 aliphatic rings. The van der Waals surface area contributed by atoms with E-state index in [9.17, 15) is 9.90 Å². The molecule has 0 amide bonds. The van der Waals surface area contributed by atoms with Crippen molar-refractivity contribution in [3.63, 3.8) is 0 Å². The van der Waals surface area contributed by atoms with Gasteiger partial charge in [0, 0.05) is 14.2 Å². The molecule has 0 aromatic heterocycles. The van der Waals surface area contributed by atoms with Gasteiger partial charge in [-0.05, 0) is 12.5 Å². The van der Waals surface area contributed by atoms with Crippen LogP contribution in [0.25, 0.3) is 0 Å². The summed E-state index contributed by atoms with van der Waals surface area (Å²) in [5, 5.41) is 12.2. The Bertz CT molecular complexity index is 365. The molecule has 18 heavy (non-hydrogen) atoms. The van der Waals surface area contributed by atoms with E-state index in [4.69, 9.17) is 9.47 Å². The monoisotopic (exact) mass is 253 g/mol. The molecule has 0 saturated heterocycles. The van der Waals surface area contributed by atoms with Gasteiger partial charge in [-0.2, -0.15) is 0 Å². The van der Waals surface area contributed by atoms with Gasteiger partial charge >= 0.3 is 5.97 Å². The second kappa shape index (κ2) is 7.10. The molecule has 2 unspecified atom stereocenters. The Morgan fingerprint density at radius 2 is 1.78 bits per heavy atom. The van der Waals surface area contributed by atoms with Crippen molar-refractivity contribution in [2.75, 3.05) is 14.2 Å². The molecule has 0 heterocycles. The molecule has 0 bridgehead atoms. The van der Waals surface area contributed by atoms with Crippen LogP contribution in [0.3, 0.4) is 0 Å². The van der Waals surface area contributed by atoms with E-state index in [-0.39, 0.29) is 6.04 Å². The number of carboxylic acids is 1. The summed E-state index contributed by atoms with van der Waals surface area (Å²) >= 11 is 0. The third-order valence-corrected chi connectivity index (χ3v) is 2.68. The van der Waals surface area contributed by atoms with Crippen LogP contribution in [0.5, 0.6) is 0 Å². The van der Waals surface area contributed by atoms with E-state index in [0.29, 0.717) is 5.56 Å². The smallest absolute Gasteiger partial charge is 0.325 e. The summed E-state index contributed by atoms with van der Waals surface area (Å²) in [6.07, 6.45) is -0.490. The number of benzene rings is 1. The van der Waals surface area contributed by atoms with Gasteiger partial charge < -0.3 is 14.6 Å². The van der Waals surface area contributed by atoms with E-state index in [2.05, 4.69) is 5.32 Å². The molecular weight excluding hydrogens is 234 g/mol. The predicted octanol–water partition coefficient (Wildman–Crippen LogP) is 1.41. The molecule has 0 fully saturated rings. The normalized spacial score (nSPS) is 14.4. The second-order valence-electron chi connectivity index (χ2n) is 3.98. The van der Waals surface area contributed by atoms with E-state index >= 15 is 0 Å². The highest BCUT2D eigenvalue weighted by molar-refractivity contribution is 5.75. The van der Waals surface area contributed by atoms with E-state index < -0.39 is 18.3 Å². The molecule has 0 aliphatic heterocycles. The van der Waals surface area contributed by atoms with E-state index in [1.165, 1.54) is 14.2 Å². The third-order valence-electron chi connectivity index (χ3n) is 2.68. The highest BCUT2D eigenvalue weighted by Gasteiger charge is 2.25. The topological polar surface area (TPSA) is 67.8 Å². The number of ether oxygens (including phenoxy) is 2. The summed E-state index contributed by atoms with van der Waals surface area (Å²) in [6, 6.07) is 7.97. The minimum Gasteiger partial charge on any atom is -0.480 e. The van der Waals surface area contributed by atoms with Gasteiger partial charge in [-0.15, -0.1) is 0 Å². The molecule has 1 aromatic rings. The quantitative estimate of drug-likeness (QED) is 0.719. The number of carbonyl (C=O) groups is 1. The van der Waals surface area contributed by atoms with Gasteiger partial charge in [0.25, 0.3) is 0 Å². The van der Waals surface area contributed by atoms with E-state index in [1.54, 1.807) is 12.1 Å². The first-order chi connectivity index (χ1) is 8.60. The van der Waals surface area contributed by atoms with Crippen molar-refractivity contribution in [2.45, 2.75) is 25.3 Å². The highest BCUT2D eigenvalue weighted by atomic mass is 16.7. The van der Waals surface area contributed by atoms with Gasteiger partial charge in [0.15, 0.2) is 6.29 Å². The van der Waals surface area contributed by atoms with Crippen LogP contribution in [0.1, 0.15) is 18.5 Å². The van der Waals surface area contributed by atoms with Crippen LogP contribution >= 0.6 is 0 Å². The van der Waals surface area contributed by atoms with Gasteiger partial charge in [0.1, 0.15) is 6.04 Å². The fourth-order valence-electron chi connectivity index (χ4n) is 1.80.